The van der Waals surface area contributed by atoms with E-state index in [-0.39, 0.29) is 38.5 Å². The Morgan fingerprint density at radius 1 is 0.390 bits per heavy atom. The van der Waals surface area contributed by atoms with Gasteiger partial charge in [0.05, 0.1) is 59.5 Å². The zero-order chi connectivity index (χ0) is 56.1. The van der Waals surface area contributed by atoms with Crippen LogP contribution in [-0.4, -0.2) is 91.7 Å². The second-order valence-electron chi connectivity index (χ2n) is 20.5. The maximum absolute atomic E-state index is 12.3. The average molecular weight is 1120 g/mol. The molecule has 0 radical (unpaired) electrons. The van der Waals surface area contributed by atoms with Crippen molar-refractivity contribution in [2.75, 3.05) is 26.1 Å². The van der Waals surface area contributed by atoms with Crippen LogP contribution in [-0.2, 0) is 93.6 Å². The first-order valence-electron chi connectivity index (χ1n) is 28.3. The molecule has 8 aromatic carbocycles. The van der Waals surface area contributed by atoms with E-state index in [9.17, 15) is 5.11 Å². The standard InChI is InChI=1S/C70H74O11S/c1-3-82-70-68(78-45-54-33-19-8-20-34-54)66(76-43-52-29-15-6-16-30-52)64(75-42-51-27-13-5-14-28-51)62(81-70)49-74-46-57-39-58(60(56-37-23-10-24-38-56)40-59(57)55-35-21-9-22-36-55)47-79-65-63(71)61(48-73-41-50-25-11-4-12-26-50)80-69(72-2)67(65)77-44-53-31-17-7-18-32-53/h4-40,61-71H,3,41-49H2,1-2H3/t61-,62-,63+,64-,65+,66+,67-,68-,69+,70+/m1/s1. The van der Waals surface area contributed by atoms with Gasteiger partial charge < -0.3 is 52.5 Å². The topological polar surface area (TPSA) is 113 Å². The maximum Gasteiger partial charge on any atom is 0.186 e. The second kappa shape index (κ2) is 30.8. The van der Waals surface area contributed by atoms with Crippen LogP contribution in [0.3, 0.4) is 0 Å². The average Bonchev–Trinajstić information content (AvgIpc) is 3.65. The van der Waals surface area contributed by atoms with Crippen LogP contribution in [0.4, 0.5) is 0 Å². The molecule has 11 nitrogen and oxygen atoms in total. The molecule has 10 rings (SSSR count). The number of hydrogen-bond acceptors (Lipinski definition) is 12. The van der Waals surface area contributed by atoms with Crippen LogP contribution in [0.25, 0.3) is 22.3 Å². The first-order valence-corrected chi connectivity index (χ1v) is 29.4. The Morgan fingerprint density at radius 3 is 1.26 bits per heavy atom. The van der Waals surface area contributed by atoms with Gasteiger partial charge in [-0.25, -0.2) is 0 Å². The van der Waals surface area contributed by atoms with Gasteiger partial charge in [-0.2, -0.15) is 0 Å². The molecule has 2 aliphatic rings. The van der Waals surface area contributed by atoms with Crippen LogP contribution in [0, 0.1) is 0 Å². The van der Waals surface area contributed by atoms with Crippen molar-refractivity contribution < 1.29 is 52.5 Å². The van der Waals surface area contributed by atoms with Crippen molar-refractivity contribution in [2.45, 2.75) is 114 Å². The van der Waals surface area contributed by atoms with Gasteiger partial charge in [0.2, 0.25) is 0 Å². The lowest BCUT2D eigenvalue weighted by molar-refractivity contribution is -0.315. The summed E-state index contributed by atoms with van der Waals surface area (Å²) in [5.74, 6) is 0.795. The van der Waals surface area contributed by atoms with Gasteiger partial charge in [-0.1, -0.05) is 219 Å². The molecule has 8 aromatic rings. The summed E-state index contributed by atoms with van der Waals surface area (Å²) in [5, 5.41) is 12.3. The van der Waals surface area contributed by atoms with E-state index in [4.69, 9.17) is 47.4 Å². The van der Waals surface area contributed by atoms with E-state index < -0.39 is 55.1 Å². The lowest BCUT2D eigenvalue weighted by Crippen LogP contribution is -2.60. The lowest BCUT2D eigenvalue weighted by Gasteiger charge is -2.46. The summed E-state index contributed by atoms with van der Waals surface area (Å²) in [6.07, 6.45) is -6.59. The molecule has 0 saturated carbocycles. The van der Waals surface area contributed by atoms with Gasteiger partial charge in [0, 0.05) is 7.11 Å². The van der Waals surface area contributed by atoms with Gasteiger partial charge in [-0.3, -0.25) is 0 Å². The van der Waals surface area contributed by atoms with E-state index >= 15 is 0 Å². The van der Waals surface area contributed by atoms with Crippen LogP contribution in [0.1, 0.15) is 45.9 Å². The largest absolute Gasteiger partial charge is 0.387 e. The van der Waals surface area contributed by atoms with Crippen molar-refractivity contribution in [1.82, 2.24) is 0 Å². The quantitative estimate of drug-likeness (QED) is 0.0504. The molecule has 82 heavy (non-hydrogen) atoms. The van der Waals surface area contributed by atoms with Gasteiger partial charge in [-0.05, 0) is 79.1 Å². The Bertz CT molecular complexity index is 3070. The van der Waals surface area contributed by atoms with E-state index in [0.29, 0.717) is 26.4 Å². The van der Waals surface area contributed by atoms with Crippen molar-refractivity contribution in [3.63, 3.8) is 0 Å². The zero-order valence-electron chi connectivity index (χ0n) is 46.6. The highest BCUT2D eigenvalue weighted by Crippen LogP contribution is 2.38. The zero-order valence-corrected chi connectivity index (χ0v) is 47.5. The highest BCUT2D eigenvalue weighted by Gasteiger charge is 2.49. The smallest absolute Gasteiger partial charge is 0.186 e. The predicted molar refractivity (Wildman–Crippen MR) is 320 cm³/mol. The maximum atomic E-state index is 12.3. The van der Waals surface area contributed by atoms with Crippen molar-refractivity contribution in [3.05, 3.63) is 263 Å². The number of hydrogen-bond donors (Lipinski definition) is 1. The third-order valence-corrected chi connectivity index (χ3v) is 15.8. The summed E-state index contributed by atoms with van der Waals surface area (Å²) in [5.41, 5.74) is 10.6. The van der Waals surface area contributed by atoms with Crippen molar-refractivity contribution in [1.29, 1.82) is 0 Å². The number of methoxy groups -OCH3 is 1. The minimum atomic E-state index is -1.14. The van der Waals surface area contributed by atoms with Crippen LogP contribution in [0.5, 0.6) is 0 Å². The third-order valence-electron chi connectivity index (χ3n) is 14.8. The van der Waals surface area contributed by atoms with Gasteiger partial charge in [-0.15, -0.1) is 11.8 Å². The highest BCUT2D eigenvalue weighted by molar-refractivity contribution is 7.99. The number of aliphatic hydroxyl groups is 1. The Morgan fingerprint density at radius 2 is 0.780 bits per heavy atom. The summed E-state index contributed by atoms with van der Waals surface area (Å²) in [6, 6.07) is 75.5. The summed E-state index contributed by atoms with van der Waals surface area (Å²) >= 11 is 1.69. The van der Waals surface area contributed by atoms with E-state index in [1.807, 2.05) is 140 Å². The molecular weight excluding hydrogens is 1050 g/mol. The van der Waals surface area contributed by atoms with Crippen LogP contribution < -0.4 is 0 Å². The molecule has 426 valence electrons. The molecule has 0 aliphatic carbocycles. The predicted octanol–water partition coefficient (Wildman–Crippen LogP) is 13.2. The summed E-state index contributed by atoms with van der Waals surface area (Å²) in [4.78, 5) is 0. The monoisotopic (exact) mass is 1120 g/mol. The fourth-order valence-corrected chi connectivity index (χ4v) is 11.5. The molecule has 12 heteroatoms. The SMILES string of the molecule is CCS[C@@H]1O[C@H](COCc2cc(CO[C@H]3[C@@H](O)[C@@H](COCc4ccccc4)O[C@H](OC)[C@@H]3OCc3ccccc3)c(-c3ccccc3)cc2-c2ccccc2)[C@@H](OCc2ccccc2)[C@H](OCc2ccccc2)[C@H]1OCc1ccccc1. The van der Waals surface area contributed by atoms with E-state index in [1.54, 1.807) is 18.9 Å². The van der Waals surface area contributed by atoms with E-state index in [0.717, 1.165) is 67.0 Å². The van der Waals surface area contributed by atoms with Gasteiger partial charge in [0.15, 0.2) is 6.29 Å². The molecule has 2 heterocycles. The number of rotatable bonds is 28. The Labute approximate surface area is 487 Å². The summed E-state index contributed by atoms with van der Waals surface area (Å²) in [7, 11) is 1.58. The first kappa shape index (κ1) is 58.9. The molecule has 0 spiro atoms. The fourth-order valence-electron chi connectivity index (χ4n) is 10.6. The minimum absolute atomic E-state index is 0.103. The molecule has 0 unspecified atom stereocenters. The number of thioether (sulfide) groups is 1. The lowest BCUT2D eigenvalue weighted by atomic mass is 9.91. The van der Waals surface area contributed by atoms with Crippen LogP contribution >= 0.6 is 11.8 Å². The minimum Gasteiger partial charge on any atom is -0.387 e. The third kappa shape index (κ3) is 16.1. The van der Waals surface area contributed by atoms with Gasteiger partial charge in [0.25, 0.3) is 0 Å². The Hall–Kier alpha value is -6.33. The number of benzene rings is 8. The Balaban J connectivity index is 0.960. The van der Waals surface area contributed by atoms with Crippen molar-refractivity contribution >= 4 is 11.8 Å². The van der Waals surface area contributed by atoms with Crippen molar-refractivity contribution in [3.8, 4) is 22.3 Å². The molecule has 0 bridgehead atoms. The summed E-state index contributed by atoms with van der Waals surface area (Å²) < 4.78 is 67.2. The van der Waals surface area contributed by atoms with E-state index in [1.165, 1.54) is 0 Å². The molecule has 1 N–H and O–H groups in total. The molecule has 0 aromatic heterocycles. The number of ether oxygens (including phenoxy) is 10. The number of aliphatic hydroxyl groups excluding tert-OH is 1. The second-order valence-corrected chi connectivity index (χ2v) is 21.9. The molecule has 2 saturated heterocycles. The molecular formula is C70H74O11S. The fraction of sp³-hybridized carbons (Fsp3) is 0.314. The van der Waals surface area contributed by atoms with Crippen LogP contribution in [0.15, 0.2) is 224 Å². The molecule has 10 atom stereocenters. The molecule has 2 fully saturated rings. The van der Waals surface area contributed by atoms with Gasteiger partial charge in [0.1, 0.15) is 54.3 Å². The van der Waals surface area contributed by atoms with Crippen LogP contribution in [0.2, 0.25) is 0 Å². The first-order chi connectivity index (χ1) is 40.5. The molecule has 0 amide bonds. The van der Waals surface area contributed by atoms with Crippen molar-refractivity contribution in [2.24, 2.45) is 0 Å². The highest BCUT2D eigenvalue weighted by atomic mass is 32.2. The van der Waals surface area contributed by atoms with Gasteiger partial charge >= 0.3 is 0 Å². The normalized spacial score (nSPS) is 22.7. The molecule has 2 aliphatic heterocycles. The van der Waals surface area contributed by atoms with E-state index in [2.05, 4.69) is 91.9 Å². The Kier molecular flexibility index (Phi) is 22.1. The summed E-state index contributed by atoms with van der Waals surface area (Å²) in [6.45, 7) is 4.44.